The maximum absolute atomic E-state index is 3.89. The lowest BCUT2D eigenvalue weighted by molar-refractivity contribution is 0.881. The summed E-state index contributed by atoms with van der Waals surface area (Å²) >= 11 is 0. The van der Waals surface area contributed by atoms with Crippen molar-refractivity contribution in [2.24, 2.45) is 0 Å². The van der Waals surface area contributed by atoms with Gasteiger partial charge < -0.3 is 0 Å². The van der Waals surface area contributed by atoms with E-state index in [1.165, 1.54) is 5.56 Å². The number of nitrogens with zero attached hydrogens (tertiary/aromatic N) is 3. The van der Waals surface area contributed by atoms with Crippen LogP contribution in [-0.4, -0.2) is 20.6 Å². The highest BCUT2D eigenvalue weighted by Gasteiger charge is 2.00. The van der Waals surface area contributed by atoms with E-state index >= 15 is 0 Å². The molecule has 68 valence electrons. The zero-order valence-electron chi connectivity index (χ0n) is 7.36. The lowest BCUT2D eigenvalue weighted by Crippen LogP contribution is -1.83. The van der Waals surface area contributed by atoms with Gasteiger partial charge >= 0.3 is 0 Å². The number of H-pyrrole nitrogens is 1. The number of tetrazole rings is 1. The Morgan fingerprint density at radius 2 is 2.08 bits per heavy atom. The van der Waals surface area contributed by atoms with Crippen LogP contribution in [0.2, 0.25) is 0 Å². The summed E-state index contributed by atoms with van der Waals surface area (Å²) in [6.45, 7) is 2.13. The number of aryl methyl sites for hydroxylation is 1. The topological polar surface area (TPSA) is 54.5 Å². The average Bonchev–Trinajstić information content (AvgIpc) is 2.71. The van der Waals surface area contributed by atoms with Crippen molar-refractivity contribution in [3.8, 4) is 11.4 Å². The summed E-state index contributed by atoms with van der Waals surface area (Å²) in [5.41, 5.74) is 2.30. The molecule has 0 saturated carbocycles. The van der Waals surface area contributed by atoms with Crippen LogP contribution in [0.25, 0.3) is 11.4 Å². The summed E-state index contributed by atoms with van der Waals surface area (Å²) in [6, 6.07) is 8.16. The third-order valence-electron chi connectivity index (χ3n) is 1.97. The van der Waals surface area contributed by atoms with Crippen molar-refractivity contribution in [2.75, 3.05) is 0 Å². The van der Waals surface area contributed by atoms with Gasteiger partial charge in [-0.05, 0) is 17.2 Å². The minimum Gasteiger partial charge on any atom is -0.177 e. The van der Waals surface area contributed by atoms with Gasteiger partial charge in [-0.2, -0.15) is 5.21 Å². The Labute approximate surface area is 77.5 Å². The van der Waals surface area contributed by atoms with Gasteiger partial charge in [0.15, 0.2) is 0 Å². The highest BCUT2D eigenvalue weighted by Crippen LogP contribution is 2.13. The first-order chi connectivity index (χ1) is 6.40. The second kappa shape index (κ2) is 3.35. The zero-order chi connectivity index (χ0) is 9.10. The van der Waals surface area contributed by atoms with Gasteiger partial charge in [-0.3, -0.25) is 0 Å². The molecule has 2 aromatic rings. The first-order valence-corrected chi connectivity index (χ1v) is 4.23. The molecular weight excluding hydrogens is 164 g/mol. The summed E-state index contributed by atoms with van der Waals surface area (Å²) in [6.07, 6.45) is 1.05. The number of aromatic nitrogens is 4. The maximum Gasteiger partial charge on any atom is 0.204 e. The van der Waals surface area contributed by atoms with Gasteiger partial charge in [-0.25, -0.2) is 0 Å². The highest BCUT2D eigenvalue weighted by atomic mass is 15.5. The first kappa shape index (κ1) is 7.91. The summed E-state index contributed by atoms with van der Waals surface area (Å²) < 4.78 is 0. The minimum atomic E-state index is 0. The molecule has 13 heavy (non-hydrogen) atoms. The number of nitrogens with one attached hydrogen (secondary N) is 1. The number of hydrogen-bond donors (Lipinski definition) is 1. The quantitative estimate of drug-likeness (QED) is 0.757. The van der Waals surface area contributed by atoms with Gasteiger partial charge in [-0.15, -0.1) is 10.2 Å². The Morgan fingerprint density at radius 1 is 1.31 bits per heavy atom. The van der Waals surface area contributed by atoms with E-state index in [0.717, 1.165) is 12.0 Å². The molecule has 1 N–H and O–H groups in total. The Balaban J connectivity index is 0.000000980. The Hall–Kier alpha value is -1.71. The molecule has 1 heterocycles. The van der Waals surface area contributed by atoms with E-state index in [4.69, 9.17) is 0 Å². The van der Waals surface area contributed by atoms with Crippen molar-refractivity contribution in [1.29, 1.82) is 0 Å². The minimum absolute atomic E-state index is 0. The molecule has 0 radical (unpaired) electrons. The van der Waals surface area contributed by atoms with Crippen LogP contribution in [0.3, 0.4) is 0 Å². The van der Waals surface area contributed by atoms with E-state index in [9.17, 15) is 0 Å². The molecule has 1 aromatic carbocycles. The molecule has 0 aliphatic rings. The lowest BCUT2D eigenvalue weighted by Gasteiger charge is -1.96. The molecule has 0 fully saturated rings. The number of benzene rings is 1. The Kier molecular flexibility index (Phi) is 2.04. The highest BCUT2D eigenvalue weighted by molar-refractivity contribution is 5.53. The standard InChI is InChI=1S/C9H10N4.H2/c1-2-7-3-5-8(6-4-7)9-10-12-13-11-9;/h3-6H,2H2,1H3,(H,10,11,12,13);1H. The van der Waals surface area contributed by atoms with E-state index < -0.39 is 0 Å². The second-order valence-corrected chi connectivity index (χ2v) is 2.79. The molecule has 0 unspecified atom stereocenters. The van der Waals surface area contributed by atoms with Crippen LogP contribution in [0.4, 0.5) is 0 Å². The second-order valence-electron chi connectivity index (χ2n) is 2.79. The number of aromatic amines is 1. The van der Waals surface area contributed by atoms with Crippen molar-refractivity contribution in [3.63, 3.8) is 0 Å². The van der Waals surface area contributed by atoms with Crippen molar-refractivity contribution < 1.29 is 1.43 Å². The van der Waals surface area contributed by atoms with E-state index in [-0.39, 0.29) is 1.43 Å². The largest absolute Gasteiger partial charge is 0.204 e. The molecule has 4 heteroatoms. The van der Waals surface area contributed by atoms with Crippen LogP contribution in [-0.2, 0) is 6.42 Å². The van der Waals surface area contributed by atoms with Crippen molar-refractivity contribution in [2.45, 2.75) is 13.3 Å². The smallest absolute Gasteiger partial charge is 0.177 e. The first-order valence-electron chi connectivity index (χ1n) is 4.23. The molecule has 0 bridgehead atoms. The van der Waals surface area contributed by atoms with Crippen molar-refractivity contribution >= 4 is 0 Å². The van der Waals surface area contributed by atoms with E-state index in [0.29, 0.717) is 5.82 Å². The summed E-state index contributed by atoms with van der Waals surface area (Å²) in [7, 11) is 0. The lowest BCUT2D eigenvalue weighted by atomic mass is 10.1. The van der Waals surface area contributed by atoms with Gasteiger partial charge in [0.1, 0.15) is 0 Å². The Bertz CT molecular complexity index is 368. The molecule has 2 rings (SSSR count). The molecule has 4 nitrogen and oxygen atoms in total. The van der Waals surface area contributed by atoms with Gasteiger partial charge in [-0.1, -0.05) is 31.2 Å². The zero-order valence-corrected chi connectivity index (χ0v) is 7.36. The average molecular weight is 176 g/mol. The fraction of sp³-hybridized carbons (Fsp3) is 0.222. The predicted octanol–water partition coefficient (Wildman–Crippen LogP) is 1.68. The molecule has 0 aliphatic heterocycles. The molecule has 0 aliphatic carbocycles. The van der Waals surface area contributed by atoms with Gasteiger partial charge in [0.2, 0.25) is 5.82 Å². The van der Waals surface area contributed by atoms with Gasteiger partial charge in [0, 0.05) is 6.99 Å². The van der Waals surface area contributed by atoms with Crippen LogP contribution in [0, 0.1) is 0 Å². The Morgan fingerprint density at radius 3 is 2.62 bits per heavy atom. The molecule has 0 amide bonds. The van der Waals surface area contributed by atoms with Crippen LogP contribution in [0.1, 0.15) is 13.9 Å². The molecule has 0 spiro atoms. The predicted molar refractivity (Wildman–Crippen MR) is 51.1 cm³/mol. The molecule has 1 aromatic heterocycles. The third-order valence-corrected chi connectivity index (χ3v) is 1.97. The fourth-order valence-corrected chi connectivity index (χ4v) is 1.17. The van der Waals surface area contributed by atoms with Gasteiger partial charge in [0.25, 0.3) is 0 Å². The summed E-state index contributed by atoms with van der Waals surface area (Å²) in [4.78, 5) is 0. The maximum atomic E-state index is 3.89. The number of hydrogen-bond acceptors (Lipinski definition) is 3. The normalized spacial score (nSPS) is 10.2. The van der Waals surface area contributed by atoms with Crippen LogP contribution in [0.5, 0.6) is 0 Å². The molecule has 0 atom stereocenters. The van der Waals surface area contributed by atoms with Crippen molar-refractivity contribution in [1.82, 2.24) is 20.6 Å². The fourth-order valence-electron chi connectivity index (χ4n) is 1.17. The summed E-state index contributed by atoms with van der Waals surface area (Å²) in [5.74, 6) is 0.641. The number of rotatable bonds is 2. The van der Waals surface area contributed by atoms with Crippen LogP contribution >= 0.6 is 0 Å². The molecular formula is C9H12N4. The van der Waals surface area contributed by atoms with Crippen LogP contribution < -0.4 is 0 Å². The SMILES string of the molecule is CCc1ccc(-c2nn[nH]n2)cc1.[HH]. The third kappa shape index (κ3) is 1.56. The van der Waals surface area contributed by atoms with Gasteiger partial charge in [0.05, 0.1) is 0 Å². The van der Waals surface area contributed by atoms with Crippen molar-refractivity contribution in [3.05, 3.63) is 29.8 Å². The van der Waals surface area contributed by atoms with E-state index in [1.807, 2.05) is 12.1 Å². The monoisotopic (exact) mass is 176 g/mol. The van der Waals surface area contributed by atoms with Crippen LogP contribution in [0.15, 0.2) is 24.3 Å². The summed E-state index contributed by atoms with van der Waals surface area (Å²) in [5, 5.41) is 13.7. The van der Waals surface area contributed by atoms with E-state index in [2.05, 4.69) is 39.7 Å². The van der Waals surface area contributed by atoms with E-state index in [1.54, 1.807) is 0 Å². The molecule has 0 saturated heterocycles.